The molecule has 1 aromatic heterocycles. The number of carbonyl (C=O) groups excluding carboxylic acids is 2. The summed E-state index contributed by atoms with van der Waals surface area (Å²) in [6.07, 6.45) is 0. The molecule has 8 heteroatoms. The van der Waals surface area contributed by atoms with Crippen molar-refractivity contribution in [3.8, 4) is 0 Å². The molecular weight excluding hydrogens is 344 g/mol. The molecule has 8 nitrogen and oxygen atoms in total. The van der Waals surface area contributed by atoms with E-state index in [9.17, 15) is 9.59 Å². The quantitative estimate of drug-likeness (QED) is 0.746. The fourth-order valence-corrected chi connectivity index (χ4v) is 3.38. The minimum Gasteiger partial charge on any atom is -0.366 e. The number of hydrogen-bond donors (Lipinski definition) is 3. The zero-order valence-electron chi connectivity index (χ0n) is 16.0. The highest BCUT2D eigenvalue weighted by Gasteiger charge is 2.22. The first-order valence-electron chi connectivity index (χ1n) is 9.09. The summed E-state index contributed by atoms with van der Waals surface area (Å²) in [7, 11) is 0. The lowest BCUT2D eigenvalue weighted by Crippen LogP contribution is -2.49. The zero-order chi connectivity index (χ0) is 19.4. The van der Waals surface area contributed by atoms with E-state index in [2.05, 4.69) is 30.6 Å². The molecule has 27 heavy (non-hydrogen) atoms. The number of benzene rings is 1. The molecule has 2 amide bonds. The second-order valence-corrected chi connectivity index (χ2v) is 6.85. The first-order valence-corrected chi connectivity index (χ1v) is 9.09. The first-order chi connectivity index (χ1) is 12.9. The number of rotatable bonds is 5. The molecule has 0 unspecified atom stereocenters. The molecule has 3 rings (SSSR count). The molecule has 0 saturated carbocycles. The monoisotopic (exact) mass is 370 g/mol. The van der Waals surface area contributed by atoms with Crippen LogP contribution in [0.2, 0.25) is 0 Å². The summed E-state index contributed by atoms with van der Waals surface area (Å²) in [5.41, 5.74) is 4.71. The van der Waals surface area contributed by atoms with Gasteiger partial charge in [0.2, 0.25) is 11.8 Å². The summed E-state index contributed by atoms with van der Waals surface area (Å²) in [6.45, 7) is 9.29. The summed E-state index contributed by atoms with van der Waals surface area (Å²) in [4.78, 5) is 27.8. The van der Waals surface area contributed by atoms with Crippen molar-refractivity contribution in [3.63, 3.8) is 0 Å². The first kappa shape index (κ1) is 18.9. The fraction of sp³-hybridized carbons (Fsp3) is 0.421. The van der Waals surface area contributed by atoms with E-state index in [0.29, 0.717) is 12.2 Å². The average molecular weight is 370 g/mol. The van der Waals surface area contributed by atoms with E-state index in [0.717, 1.165) is 43.3 Å². The Morgan fingerprint density at radius 2 is 1.63 bits per heavy atom. The summed E-state index contributed by atoms with van der Waals surface area (Å²) in [5, 5.41) is 12.9. The summed E-state index contributed by atoms with van der Waals surface area (Å²) < 4.78 is 0. The van der Waals surface area contributed by atoms with Crippen LogP contribution in [-0.4, -0.2) is 59.6 Å². The highest BCUT2D eigenvalue weighted by Crippen LogP contribution is 2.23. The molecule has 2 heterocycles. The molecule has 0 spiro atoms. The highest BCUT2D eigenvalue weighted by molar-refractivity contribution is 5.93. The molecule has 0 aliphatic carbocycles. The van der Waals surface area contributed by atoms with Crippen LogP contribution in [0.4, 0.5) is 17.1 Å². The van der Waals surface area contributed by atoms with Gasteiger partial charge in [0.25, 0.3) is 0 Å². The van der Waals surface area contributed by atoms with Crippen molar-refractivity contribution in [2.45, 2.75) is 20.8 Å². The number of aromatic nitrogens is 2. The number of nitrogens with one attached hydrogen (secondary N) is 3. The van der Waals surface area contributed by atoms with Crippen LogP contribution >= 0.6 is 0 Å². The minimum absolute atomic E-state index is 0.0357. The van der Waals surface area contributed by atoms with Crippen molar-refractivity contribution in [3.05, 3.63) is 35.7 Å². The second kappa shape index (κ2) is 8.22. The van der Waals surface area contributed by atoms with E-state index < -0.39 is 0 Å². The molecule has 2 aromatic rings. The van der Waals surface area contributed by atoms with E-state index in [-0.39, 0.29) is 11.8 Å². The maximum absolute atomic E-state index is 12.3. The lowest BCUT2D eigenvalue weighted by Gasteiger charge is -2.35. The van der Waals surface area contributed by atoms with E-state index >= 15 is 0 Å². The van der Waals surface area contributed by atoms with Gasteiger partial charge in [0.05, 0.1) is 23.6 Å². The van der Waals surface area contributed by atoms with Gasteiger partial charge in [0.15, 0.2) is 0 Å². The number of H-pyrrole nitrogens is 1. The van der Waals surface area contributed by atoms with Crippen LogP contribution in [-0.2, 0) is 9.59 Å². The van der Waals surface area contributed by atoms with Crippen molar-refractivity contribution in [1.29, 1.82) is 0 Å². The zero-order valence-corrected chi connectivity index (χ0v) is 16.0. The van der Waals surface area contributed by atoms with Crippen LogP contribution in [0.1, 0.15) is 18.3 Å². The van der Waals surface area contributed by atoms with Crippen LogP contribution in [0, 0.1) is 13.8 Å². The summed E-state index contributed by atoms with van der Waals surface area (Å²) in [6, 6.07) is 7.11. The van der Waals surface area contributed by atoms with Gasteiger partial charge in [-0.2, -0.15) is 5.10 Å². The lowest BCUT2D eigenvalue weighted by atomic mass is 10.2. The van der Waals surface area contributed by atoms with Gasteiger partial charge in [-0.05, 0) is 38.1 Å². The van der Waals surface area contributed by atoms with Gasteiger partial charge in [-0.25, -0.2) is 0 Å². The van der Waals surface area contributed by atoms with Gasteiger partial charge in [-0.3, -0.25) is 19.6 Å². The molecule has 1 fully saturated rings. The number of aryl methyl sites for hydroxylation is 2. The largest absolute Gasteiger partial charge is 0.366 e. The Hall–Kier alpha value is -2.87. The van der Waals surface area contributed by atoms with E-state index in [1.54, 1.807) is 24.3 Å². The van der Waals surface area contributed by atoms with Crippen molar-refractivity contribution in [2.75, 3.05) is 48.3 Å². The molecule has 3 N–H and O–H groups in total. The molecule has 1 aliphatic rings. The number of amides is 2. The molecule has 1 saturated heterocycles. The predicted octanol–water partition coefficient (Wildman–Crippen LogP) is 1.75. The van der Waals surface area contributed by atoms with Crippen LogP contribution in [0.25, 0.3) is 0 Å². The Labute approximate surface area is 158 Å². The summed E-state index contributed by atoms with van der Waals surface area (Å²) in [5.74, 6) is -0.155. The van der Waals surface area contributed by atoms with E-state index in [1.807, 2.05) is 13.8 Å². The SMILES string of the molecule is CC(=O)Nc1ccc(NC(=O)CN2CCN(c3c(C)n[nH]c3C)CC2)cc1. The fourth-order valence-electron chi connectivity index (χ4n) is 3.38. The lowest BCUT2D eigenvalue weighted by molar-refractivity contribution is -0.117. The number of anilines is 3. The molecule has 0 bridgehead atoms. The third-order valence-corrected chi connectivity index (χ3v) is 4.63. The van der Waals surface area contributed by atoms with Gasteiger partial charge in [0.1, 0.15) is 0 Å². The van der Waals surface area contributed by atoms with Crippen LogP contribution in [0.3, 0.4) is 0 Å². The predicted molar refractivity (Wildman–Crippen MR) is 106 cm³/mol. The maximum Gasteiger partial charge on any atom is 0.238 e. The Morgan fingerprint density at radius 1 is 1.04 bits per heavy atom. The number of piperazine rings is 1. The third-order valence-electron chi connectivity index (χ3n) is 4.63. The molecule has 1 aliphatic heterocycles. The topological polar surface area (TPSA) is 93.4 Å². The van der Waals surface area contributed by atoms with E-state index in [1.165, 1.54) is 12.6 Å². The van der Waals surface area contributed by atoms with Crippen molar-refractivity contribution < 1.29 is 9.59 Å². The Bertz CT molecular complexity index is 787. The number of carbonyl (C=O) groups is 2. The van der Waals surface area contributed by atoms with Gasteiger partial charge in [0, 0.05) is 44.5 Å². The standard InChI is InChI=1S/C19H26N6O2/c1-13-19(14(2)23-22-13)25-10-8-24(9-11-25)12-18(27)21-17-6-4-16(5-7-17)20-15(3)26/h4-7H,8-12H2,1-3H3,(H,20,26)(H,21,27)(H,22,23). The molecular formula is C19H26N6O2. The summed E-state index contributed by atoms with van der Waals surface area (Å²) >= 11 is 0. The second-order valence-electron chi connectivity index (χ2n) is 6.85. The van der Waals surface area contributed by atoms with Crippen LogP contribution in [0.15, 0.2) is 24.3 Å². The van der Waals surface area contributed by atoms with E-state index in [4.69, 9.17) is 0 Å². The van der Waals surface area contributed by atoms with Gasteiger partial charge in [-0.1, -0.05) is 0 Å². The van der Waals surface area contributed by atoms with Crippen LogP contribution in [0.5, 0.6) is 0 Å². The van der Waals surface area contributed by atoms with Gasteiger partial charge < -0.3 is 15.5 Å². The smallest absolute Gasteiger partial charge is 0.238 e. The Balaban J connectivity index is 1.47. The highest BCUT2D eigenvalue weighted by atomic mass is 16.2. The maximum atomic E-state index is 12.3. The van der Waals surface area contributed by atoms with Gasteiger partial charge in [-0.15, -0.1) is 0 Å². The van der Waals surface area contributed by atoms with Gasteiger partial charge >= 0.3 is 0 Å². The van der Waals surface area contributed by atoms with Crippen molar-refractivity contribution in [2.24, 2.45) is 0 Å². The average Bonchev–Trinajstić information content (AvgIpc) is 2.95. The normalized spacial score (nSPS) is 14.9. The molecule has 0 atom stereocenters. The number of nitrogens with zero attached hydrogens (tertiary/aromatic N) is 3. The van der Waals surface area contributed by atoms with Crippen LogP contribution < -0.4 is 15.5 Å². The Kier molecular flexibility index (Phi) is 5.75. The number of aromatic amines is 1. The number of hydrogen-bond acceptors (Lipinski definition) is 5. The third kappa shape index (κ3) is 4.85. The molecule has 0 radical (unpaired) electrons. The molecule has 1 aromatic carbocycles. The molecule has 144 valence electrons. The Morgan fingerprint density at radius 3 is 2.15 bits per heavy atom. The minimum atomic E-state index is -0.119. The van der Waals surface area contributed by atoms with Crippen molar-refractivity contribution >= 4 is 28.9 Å². The van der Waals surface area contributed by atoms with Crippen molar-refractivity contribution in [1.82, 2.24) is 15.1 Å².